The zero-order chi connectivity index (χ0) is 11.6. The Morgan fingerprint density at radius 2 is 2.00 bits per heavy atom. The van der Waals surface area contributed by atoms with E-state index in [1.807, 2.05) is 0 Å². The highest BCUT2D eigenvalue weighted by molar-refractivity contribution is 5.79. The summed E-state index contributed by atoms with van der Waals surface area (Å²) in [4.78, 5) is 10.6. The summed E-state index contributed by atoms with van der Waals surface area (Å²) in [5, 5.41) is 18.6. The molecule has 0 spiro atoms. The summed E-state index contributed by atoms with van der Waals surface area (Å²) in [5.41, 5.74) is 9.57. The fourth-order valence-corrected chi connectivity index (χ4v) is 1.12. The van der Waals surface area contributed by atoms with Gasteiger partial charge in [0.2, 0.25) is 5.91 Å². The molecule has 0 radical (unpaired) electrons. The van der Waals surface area contributed by atoms with Crippen LogP contribution in [0.4, 0.5) is 10.1 Å². The van der Waals surface area contributed by atoms with Crippen LogP contribution >= 0.6 is 0 Å². The van der Waals surface area contributed by atoms with Crippen LogP contribution in [0, 0.1) is 5.82 Å². The van der Waals surface area contributed by atoms with E-state index in [1.165, 1.54) is 18.2 Å². The molecule has 0 aliphatic heterocycles. The molecule has 1 aromatic rings. The Bertz CT molecular complexity index is 384. The largest absolute Gasteiger partial charge is 0.396 e. The average Bonchev–Trinajstić information content (AvgIpc) is 2.20. The van der Waals surface area contributed by atoms with Gasteiger partial charge in [-0.05, 0) is 6.07 Å². The third kappa shape index (κ3) is 2.23. The normalized spacial score (nSPS) is 14.6. The van der Waals surface area contributed by atoms with Crippen LogP contribution in [-0.2, 0) is 4.79 Å². The lowest BCUT2D eigenvalue weighted by Gasteiger charge is -2.16. The molecule has 0 bridgehead atoms. The number of benzene rings is 1. The van der Waals surface area contributed by atoms with Crippen LogP contribution in [0.1, 0.15) is 11.7 Å². The summed E-state index contributed by atoms with van der Waals surface area (Å²) >= 11 is 0. The van der Waals surface area contributed by atoms with Gasteiger partial charge in [-0.2, -0.15) is 0 Å². The van der Waals surface area contributed by atoms with Gasteiger partial charge in [0.15, 0.2) is 11.9 Å². The summed E-state index contributed by atoms with van der Waals surface area (Å²) in [6, 6.07) is 3.90. The van der Waals surface area contributed by atoms with Gasteiger partial charge in [0.05, 0.1) is 5.69 Å². The summed E-state index contributed by atoms with van der Waals surface area (Å²) in [7, 11) is 0. The molecule has 0 saturated heterocycles. The molecule has 0 heterocycles. The van der Waals surface area contributed by atoms with E-state index in [1.54, 1.807) is 0 Å². The maximum absolute atomic E-state index is 13.3. The molecule has 1 aromatic carbocycles. The van der Waals surface area contributed by atoms with Crippen LogP contribution in [0.5, 0.6) is 0 Å². The van der Waals surface area contributed by atoms with Crippen LogP contribution in [0.2, 0.25) is 0 Å². The number of halogens is 1. The molecule has 6 heteroatoms. The number of hydrogen-bond donors (Lipinski definition) is 4. The van der Waals surface area contributed by atoms with E-state index < -0.39 is 23.9 Å². The van der Waals surface area contributed by atoms with Gasteiger partial charge >= 0.3 is 0 Å². The van der Waals surface area contributed by atoms with Crippen molar-refractivity contribution in [2.45, 2.75) is 12.2 Å². The molecule has 5 nitrogen and oxygen atoms in total. The maximum Gasteiger partial charge on any atom is 0.249 e. The van der Waals surface area contributed by atoms with Gasteiger partial charge in [-0.25, -0.2) is 4.39 Å². The van der Waals surface area contributed by atoms with E-state index in [-0.39, 0.29) is 11.3 Å². The molecule has 0 aliphatic rings. The second-order valence-corrected chi connectivity index (χ2v) is 3.04. The Hall–Kier alpha value is -1.66. The van der Waals surface area contributed by atoms with Crippen molar-refractivity contribution in [2.75, 3.05) is 5.73 Å². The molecule has 2 atom stereocenters. The minimum Gasteiger partial charge on any atom is -0.396 e. The molecule has 1 amide bonds. The summed E-state index contributed by atoms with van der Waals surface area (Å²) in [6.45, 7) is 0. The zero-order valence-electron chi connectivity index (χ0n) is 7.72. The Balaban J connectivity index is 3.06. The average molecular weight is 214 g/mol. The number of nitrogen functional groups attached to an aromatic ring is 1. The van der Waals surface area contributed by atoms with Gasteiger partial charge in [-0.15, -0.1) is 0 Å². The van der Waals surface area contributed by atoms with Gasteiger partial charge in [0.1, 0.15) is 6.10 Å². The number of amides is 1. The number of primary amides is 1. The SMILES string of the molecule is NC(=O)C(O)C(O)c1cccc(N)c1F. The van der Waals surface area contributed by atoms with E-state index in [0.717, 1.165) is 0 Å². The van der Waals surface area contributed by atoms with Gasteiger partial charge in [-0.1, -0.05) is 12.1 Å². The number of rotatable bonds is 3. The first kappa shape index (κ1) is 11.4. The summed E-state index contributed by atoms with van der Waals surface area (Å²) in [5.74, 6) is -2.00. The van der Waals surface area contributed by atoms with E-state index in [9.17, 15) is 14.3 Å². The van der Waals surface area contributed by atoms with Crippen molar-refractivity contribution < 1.29 is 19.4 Å². The smallest absolute Gasteiger partial charge is 0.249 e. The van der Waals surface area contributed by atoms with Crippen molar-refractivity contribution in [1.29, 1.82) is 0 Å². The molecular weight excluding hydrogens is 203 g/mol. The number of hydrogen-bond acceptors (Lipinski definition) is 4. The third-order valence-electron chi connectivity index (χ3n) is 1.97. The highest BCUT2D eigenvalue weighted by Crippen LogP contribution is 2.23. The lowest BCUT2D eigenvalue weighted by molar-refractivity contribution is -0.132. The Morgan fingerprint density at radius 1 is 1.40 bits per heavy atom. The predicted octanol–water partition coefficient (Wildman–Crippen LogP) is -0.713. The molecule has 0 aliphatic carbocycles. The highest BCUT2D eigenvalue weighted by Gasteiger charge is 2.26. The Kier molecular flexibility index (Phi) is 3.23. The van der Waals surface area contributed by atoms with Gasteiger partial charge in [0.25, 0.3) is 0 Å². The monoisotopic (exact) mass is 214 g/mol. The first-order chi connectivity index (χ1) is 6.95. The highest BCUT2D eigenvalue weighted by atomic mass is 19.1. The van der Waals surface area contributed by atoms with E-state index in [4.69, 9.17) is 16.6 Å². The summed E-state index contributed by atoms with van der Waals surface area (Å²) < 4.78 is 13.3. The van der Waals surface area contributed by atoms with Crippen molar-refractivity contribution in [1.82, 2.24) is 0 Å². The van der Waals surface area contributed by atoms with E-state index in [2.05, 4.69) is 0 Å². The topological polar surface area (TPSA) is 110 Å². The minimum atomic E-state index is -1.86. The minimum absolute atomic E-state index is 0.178. The van der Waals surface area contributed by atoms with Crippen molar-refractivity contribution in [3.63, 3.8) is 0 Å². The maximum atomic E-state index is 13.3. The molecule has 6 N–H and O–H groups in total. The predicted molar refractivity (Wildman–Crippen MR) is 51.0 cm³/mol. The van der Waals surface area contributed by atoms with Gasteiger partial charge in [-0.3, -0.25) is 4.79 Å². The van der Waals surface area contributed by atoms with Crippen LogP contribution < -0.4 is 11.5 Å². The molecule has 2 unspecified atom stereocenters. The van der Waals surface area contributed by atoms with Gasteiger partial charge in [0, 0.05) is 5.56 Å². The molecule has 15 heavy (non-hydrogen) atoms. The molecular formula is C9H11FN2O3. The standard InChI is InChI=1S/C9H11FN2O3/c10-6-4(2-1-3-5(6)11)7(13)8(14)9(12)15/h1-3,7-8,13-14H,11H2,(H2,12,15). The van der Waals surface area contributed by atoms with Crippen molar-refractivity contribution in [3.05, 3.63) is 29.6 Å². The number of anilines is 1. The van der Waals surface area contributed by atoms with Crippen molar-refractivity contribution in [2.24, 2.45) is 5.73 Å². The first-order valence-corrected chi connectivity index (χ1v) is 4.14. The van der Waals surface area contributed by atoms with E-state index >= 15 is 0 Å². The molecule has 0 saturated carbocycles. The lowest BCUT2D eigenvalue weighted by atomic mass is 10.0. The molecule has 82 valence electrons. The van der Waals surface area contributed by atoms with Crippen LogP contribution in [-0.4, -0.2) is 22.2 Å². The number of carbonyl (C=O) groups is 1. The second kappa shape index (κ2) is 4.24. The lowest BCUT2D eigenvalue weighted by Crippen LogP contribution is -2.34. The second-order valence-electron chi connectivity index (χ2n) is 3.04. The first-order valence-electron chi connectivity index (χ1n) is 4.14. The Morgan fingerprint density at radius 3 is 2.53 bits per heavy atom. The van der Waals surface area contributed by atoms with Crippen LogP contribution in [0.15, 0.2) is 18.2 Å². The number of nitrogens with two attached hydrogens (primary N) is 2. The third-order valence-corrected chi connectivity index (χ3v) is 1.97. The van der Waals surface area contributed by atoms with Gasteiger partial charge < -0.3 is 21.7 Å². The van der Waals surface area contributed by atoms with E-state index in [0.29, 0.717) is 0 Å². The molecule has 0 aromatic heterocycles. The number of aliphatic hydroxyl groups excluding tert-OH is 2. The molecule has 0 fully saturated rings. The van der Waals surface area contributed by atoms with Crippen LogP contribution in [0.3, 0.4) is 0 Å². The number of aliphatic hydroxyl groups is 2. The summed E-state index contributed by atoms with van der Waals surface area (Å²) in [6.07, 6.45) is -3.58. The Labute approximate surface area is 85.1 Å². The van der Waals surface area contributed by atoms with Crippen LogP contribution in [0.25, 0.3) is 0 Å². The fourth-order valence-electron chi connectivity index (χ4n) is 1.12. The van der Waals surface area contributed by atoms with Crippen molar-refractivity contribution in [3.8, 4) is 0 Å². The fraction of sp³-hybridized carbons (Fsp3) is 0.222. The number of carbonyl (C=O) groups excluding carboxylic acids is 1. The molecule has 1 rings (SSSR count). The van der Waals surface area contributed by atoms with Crippen molar-refractivity contribution >= 4 is 11.6 Å². The quantitative estimate of drug-likeness (QED) is 0.498. The zero-order valence-corrected chi connectivity index (χ0v) is 7.72.